The molecule has 25 heavy (non-hydrogen) atoms. The van der Waals surface area contributed by atoms with E-state index in [9.17, 15) is 4.79 Å². The number of likely N-dealkylation sites (tertiary alicyclic amines) is 1. The van der Waals surface area contributed by atoms with Crippen LogP contribution in [0.4, 0.5) is 5.69 Å². The van der Waals surface area contributed by atoms with E-state index in [0.717, 1.165) is 50.7 Å². The van der Waals surface area contributed by atoms with Crippen LogP contribution >= 0.6 is 24.0 Å². The Morgan fingerprint density at radius 2 is 2.16 bits per heavy atom. The van der Waals surface area contributed by atoms with Crippen LogP contribution < -0.4 is 10.2 Å². The second kappa shape index (κ2) is 9.38. The molecule has 2 heterocycles. The number of halogens is 1. The summed E-state index contributed by atoms with van der Waals surface area (Å²) in [5, 5.41) is 3.23. The van der Waals surface area contributed by atoms with Crippen molar-refractivity contribution in [1.29, 1.82) is 0 Å². The molecule has 7 heteroatoms. The number of amides is 1. The monoisotopic (exact) mass is 458 g/mol. The number of ether oxygens (including phenoxy) is 1. The van der Waals surface area contributed by atoms with Gasteiger partial charge in [-0.3, -0.25) is 9.79 Å². The van der Waals surface area contributed by atoms with Crippen molar-refractivity contribution in [1.82, 2.24) is 10.2 Å². The minimum Gasteiger partial charge on any atom is -0.384 e. The zero-order chi connectivity index (χ0) is 16.9. The molecule has 3 rings (SSSR count). The molecule has 0 saturated carbocycles. The Labute approximate surface area is 166 Å². The minimum absolute atomic E-state index is 0. The number of methoxy groups -OCH3 is 1. The molecule has 1 saturated heterocycles. The van der Waals surface area contributed by atoms with Crippen LogP contribution in [0.3, 0.4) is 0 Å². The standard InChI is InChI=1S/C18H26N4O2.HI/c1-19-18(21-9-7-14(12-21)13-24-2)20-11-17(23)22-10-8-15-5-3-4-6-16(15)22;/h3-6,14H,7-13H2,1-2H3,(H,19,20);1H. The third kappa shape index (κ3) is 4.63. The lowest BCUT2D eigenvalue weighted by Gasteiger charge is -2.23. The van der Waals surface area contributed by atoms with Gasteiger partial charge in [0.05, 0.1) is 13.2 Å². The van der Waals surface area contributed by atoms with Gasteiger partial charge in [0.15, 0.2) is 5.96 Å². The maximum atomic E-state index is 12.6. The summed E-state index contributed by atoms with van der Waals surface area (Å²) in [4.78, 5) is 21.0. The second-order valence-corrected chi connectivity index (χ2v) is 6.38. The fourth-order valence-electron chi connectivity index (χ4n) is 3.58. The Morgan fingerprint density at radius 3 is 2.92 bits per heavy atom. The number of nitrogens with one attached hydrogen (secondary N) is 1. The number of carbonyl (C=O) groups excluding carboxylic acids is 1. The third-order valence-electron chi connectivity index (χ3n) is 4.79. The van der Waals surface area contributed by atoms with Crippen LogP contribution in [-0.4, -0.2) is 63.7 Å². The average Bonchev–Trinajstić information content (AvgIpc) is 3.23. The number of hydrogen-bond acceptors (Lipinski definition) is 3. The number of nitrogens with zero attached hydrogens (tertiary/aromatic N) is 3. The van der Waals surface area contributed by atoms with Crippen molar-refractivity contribution >= 4 is 41.5 Å². The highest BCUT2D eigenvalue weighted by atomic mass is 127. The topological polar surface area (TPSA) is 57.2 Å². The van der Waals surface area contributed by atoms with Crippen LogP contribution in [0, 0.1) is 5.92 Å². The molecule has 138 valence electrons. The number of aliphatic imine (C=N–C) groups is 1. The highest BCUT2D eigenvalue weighted by molar-refractivity contribution is 14.0. The molecular weight excluding hydrogens is 431 g/mol. The van der Waals surface area contributed by atoms with Crippen LogP contribution in [0.5, 0.6) is 0 Å². The third-order valence-corrected chi connectivity index (χ3v) is 4.79. The molecule has 0 aromatic heterocycles. The molecule has 2 aliphatic rings. The Bertz CT molecular complexity index is 623. The van der Waals surface area contributed by atoms with E-state index in [1.54, 1.807) is 14.2 Å². The molecule has 0 spiro atoms. The Balaban J connectivity index is 0.00000225. The first kappa shape index (κ1) is 20.0. The number of carbonyl (C=O) groups is 1. The van der Waals surface area contributed by atoms with Crippen LogP contribution in [0.25, 0.3) is 0 Å². The average molecular weight is 458 g/mol. The molecule has 1 atom stereocenters. The number of guanidine groups is 1. The summed E-state index contributed by atoms with van der Waals surface area (Å²) >= 11 is 0. The van der Waals surface area contributed by atoms with Crippen LogP contribution in [-0.2, 0) is 16.0 Å². The van der Waals surface area contributed by atoms with E-state index in [0.29, 0.717) is 5.92 Å². The first-order valence-corrected chi connectivity index (χ1v) is 8.55. The zero-order valence-electron chi connectivity index (χ0n) is 14.9. The molecule has 1 fully saturated rings. The van der Waals surface area contributed by atoms with Crippen molar-refractivity contribution in [2.45, 2.75) is 12.8 Å². The van der Waals surface area contributed by atoms with Crippen molar-refractivity contribution in [3.63, 3.8) is 0 Å². The van der Waals surface area contributed by atoms with Gasteiger partial charge in [0.25, 0.3) is 0 Å². The number of hydrogen-bond donors (Lipinski definition) is 1. The number of fused-ring (bicyclic) bond motifs is 1. The van der Waals surface area contributed by atoms with E-state index in [-0.39, 0.29) is 36.4 Å². The normalized spacial score (nSPS) is 19.6. The second-order valence-electron chi connectivity index (χ2n) is 6.38. The van der Waals surface area contributed by atoms with Crippen molar-refractivity contribution in [3.8, 4) is 0 Å². The van der Waals surface area contributed by atoms with E-state index in [1.165, 1.54) is 5.56 Å². The Hall–Kier alpha value is -1.35. The quantitative estimate of drug-likeness (QED) is 0.425. The van der Waals surface area contributed by atoms with Gasteiger partial charge in [0, 0.05) is 45.4 Å². The molecular formula is C18H27IN4O2. The summed E-state index contributed by atoms with van der Waals surface area (Å²) in [6.07, 6.45) is 2.03. The van der Waals surface area contributed by atoms with Gasteiger partial charge in [-0.25, -0.2) is 0 Å². The fraction of sp³-hybridized carbons (Fsp3) is 0.556. The number of para-hydroxylation sites is 1. The summed E-state index contributed by atoms with van der Waals surface area (Å²) in [6.45, 7) is 3.68. The molecule has 6 nitrogen and oxygen atoms in total. The Kier molecular flexibility index (Phi) is 7.49. The number of anilines is 1. The zero-order valence-corrected chi connectivity index (χ0v) is 17.2. The van der Waals surface area contributed by atoms with Gasteiger partial charge >= 0.3 is 0 Å². The van der Waals surface area contributed by atoms with Gasteiger partial charge in [0.1, 0.15) is 0 Å². The lowest BCUT2D eigenvalue weighted by molar-refractivity contribution is -0.117. The fourth-order valence-corrected chi connectivity index (χ4v) is 3.58. The predicted molar refractivity (Wildman–Crippen MR) is 111 cm³/mol. The van der Waals surface area contributed by atoms with Gasteiger partial charge in [-0.1, -0.05) is 18.2 Å². The minimum atomic E-state index is 0. The van der Waals surface area contributed by atoms with Crippen molar-refractivity contribution in [2.24, 2.45) is 10.9 Å². The van der Waals surface area contributed by atoms with Crippen molar-refractivity contribution in [2.75, 3.05) is 51.8 Å². The van der Waals surface area contributed by atoms with Crippen molar-refractivity contribution < 1.29 is 9.53 Å². The van der Waals surface area contributed by atoms with Gasteiger partial charge in [-0.15, -0.1) is 24.0 Å². The largest absolute Gasteiger partial charge is 0.384 e. The highest BCUT2D eigenvalue weighted by Crippen LogP contribution is 2.27. The highest BCUT2D eigenvalue weighted by Gasteiger charge is 2.27. The molecule has 0 radical (unpaired) electrons. The maximum absolute atomic E-state index is 12.6. The molecule has 1 aromatic rings. The lowest BCUT2D eigenvalue weighted by Crippen LogP contribution is -2.45. The van der Waals surface area contributed by atoms with Crippen LogP contribution in [0.1, 0.15) is 12.0 Å². The SMILES string of the molecule is CN=C(NCC(=O)N1CCc2ccccc21)N1CCC(COC)C1.I. The smallest absolute Gasteiger partial charge is 0.246 e. The molecule has 1 N–H and O–H groups in total. The van der Waals surface area contributed by atoms with Gasteiger partial charge in [-0.2, -0.15) is 0 Å². The predicted octanol–water partition coefficient (Wildman–Crippen LogP) is 1.74. The molecule has 1 amide bonds. The molecule has 2 aliphatic heterocycles. The van der Waals surface area contributed by atoms with E-state index < -0.39 is 0 Å². The number of rotatable bonds is 4. The van der Waals surface area contributed by atoms with Gasteiger partial charge in [0.2, 0.25) is 5.91 Å². The molecule has 1 unspecified atom stereocenters. The van der Waals surface area contributed by atoms with E-state index in [4.69, 9.17) is 4.74 Å². The molecule has 1 aromatic carbocycles. The summed E-state index contributed by atoms with van der Waals surface area (Å²) in [6, 6.07) is 8.12. The summed E-state index contributed by atoms with van der Waals surface area (Å²) < 4.78 is 5.24. The first-order valence-electron chi connectivity index (χ1n) is 8.55. The molecule has 0 bridgehead atoms. The molecule has 0 aliphatic carbocycles. The first-order chi connectivity index (χ1) is 11.7. The maximum Gasteiger partial charge on any atom is 0.246 e. The summed E-state index contributed by atoms with van der Waals surface area (Å²) in [5.74, 6) is 1.43. The van der Waals surface area contributed by atoms with E-state index in [1.807, 2.05) is 23.1 Å². The Morgan fingerprint density at radius 1 is 1.36 bits per heavy atom. The number of benzene rings is 1. The van der Waals surface area contributed by atoms with E-state index in [2.05, 4.69) is 21.3 Å². The van der Waals surface area contributed by atoms with Gasteiger partial charge < -0.3 is 19.9 Å². The van der Waals surface area contributed by atoms with Crippen LogP contribution in [0.15, 0.2) is 29.3 Å². The van der Waals surface area contributed by atoms with E-state index >= 15 is 0 Å². The van der Waals surface area contributed by atoms with Crippen LogP contribution in [0.2, 0.25) is 0 Å². The summed E-state index contributed by atoms with van der Waals surface area (Å²) in [5.41, 5.74) is 2.29. The van der Waals surface area contributed by atoms with Gasteiger partial charge in [-0.05, 0) is 24.5 Å². The van der Waals surface area contributed by atoms with Crippen molar-refractivity contribution in [3.05, 3.63) is 29.8 Å². The lowest BCUT2D eigenvalue weighted by atomic mass is 10.1. The summed E-state index contributed by atoms with van der Waals surface area (Å²) in [7, 11) is 3.50.